The Bertz CT molecular complexity index is 275. The number of ether oxygens (including phenoxy) is 1. The van der Waals surface area contributed by atoms with Gasteiger partial charge < -0.3 is 4.74 Å². The zero-order valence-electron chi connectivity index (χ0n) is 8.21. The van der Waals surface area contributed by atoms with E-state index in [1.165, 1.54) is 18.4 Å². The van der Waals surface area contributed by atoms with Crippen LogP contribution in [0.25, 0.3) is 0 Å². The fraction of sp³-hybridized carbons (Fsp3) is 0.500. The van der Waals surface area contributed by atoms with E-state index in [-0.39, 0.29) is 0 Å². The lowest BCUT2D eigenvalue weighted by Gasteiger charge is -2.21. The second kappa shape index (κ2) is 4.94. The first-order chi connectivity index (χ1) is 6.84. The van der Waals surface area contributed by atoms with Gasteiger partial charge in [-0.3, -0.25) is 0 Å². The third-order valence-corrected chi connectivity index (χ3v) is 3.22. The molecule has 0 amide bonds. The molecule has 0 radical (unpaired) electrons. The summed E-state index contributed by atoms with van der Waals surface area (Å²) in [6, 6.07) is 8.61. The molecule has 0 spiro atoms. The molecule has 76 valence electrons. The highest BCUT2D eigenvalue weighted by molar-refractivity contribution is 9.10. The van der Waals surface area contributed by atoms with Gasteiger partial charge >= 0.3 is 0 Å². The molecule has 1 nitrogen and oxygen atoms in total. The third kappa shape index (κ3) is 2.82. The third-order valence-electron chi connectivity index (χ3n) is 2.69. The summed E-state index contributed by atoms with van der Waals surface area (Å²) in [7, 11) is 0. The van der Waals surface area contributed by atoms with Crippen molar-refractivity contribution in [2.24, 2.45) is 5.92 Å². The first-order valence-electron chi connectivity index (χ1n) is 5.17. The van der Waals surface area contributed by atoms with Crippen LogP contribution >= 0.6 is 15.9 Å². The Morgan fingerprint density at radius 3 is 2.71 bits per heavy atom. The van der Waals surface area contributed by atoms with Crippen LogP contribution in [-0.2, 0) is 11.2 Å². The van der Waals surface area contributed by atoms with Crippen molar-refractivity contribution in [3.8, 4) is 0 Å². The molecule has 14 heavy (non-hydrogen) atoms. The van der Waals surface area contributed by atoms with Crippen LogP contribution in [0.5, 0.6) is 0 Å². The summed E-state index contributed by atoms with van der Waals surface area (Å²) in [4.78, 5) is 0. The predicted molar refractivity (Wildman–Crippen MR) is 61.4 cm³/mol. The lowest BCUT2D eigenvalue weighted by Crippen LogP contribution is -2.19. The molecule has 1 heterocycles. The number of hydrogen-bond donors (Lipinski definition) is 0. The minimum Gasteiger partial charge on any atom is -0.381 e. The monoisotopic (exact) mass is 254 g/mol. The summed E-state index contributed by atoms with van der Waals surface area (Å²) < 4.78 is 6.62. The topological polar surface area (TPSA) is 9.23 Å². The van der Waals surface area contributed by atoms with Gasteiger partial charge in [-0.25, -0.2) is 0 Å². The van der Waals surface area contributed by atoms with Gasteiger partial charge in [-0.1, -0.05) is 28.1 Å². The van der Waals surface area contributed by atoms with E-state index in [0.29, 0.717) is 0 Å². The van der Waals surface area contributed by atoms with Crippen LogP contribution in [0.4, 0.5) is 0 Å². The second-order valence-electron chi connectivity index (χ2n) is 3.91. The molecule has 1 saturated heterocycles. The van der Waals surface area contributed by atoms with E-state index in [1.807, 2.05) is 0 Å². The summed E-state index contributed by atoms with van der Waals surface area (Å²) in [5.41, 5.74) is 1.42. The molecule has 1 aromatic rings. The van der Waals surface area contributed by atoms with Crippen molar-refractivity contribution in [3.05, 3.63) is 34.3 Å². The Morgan fingerprint density at radius 2 is 2.07 bits per heavy atom. The van der Waals surface area contributed by atoms with Crippen LogP contribution in [0.15, 0.2) is 28.7 Å². The number of rotatable bonds is 2. The standard InChI is InChI=1S/C12H15BrO/c13-12-5-3-10(4-6-12)8-11-2-1-7-14-9-11/h3-6,11H,1-2,7-9H2. The smallest absolute Gasteiger partial charge is 0.0497 e. The van der Waals surface area contributed by atoms with Crippen LogP contribution in [0, 0.1) is 5.92 Å². The maximum atomic E-state index is 5.47. The highest BCUT2D eigenvalue weighted by atomic mass is 79.9. The molecular weight excluding hydrogens is 240 g/mol. The average Bonchev–Trinajstić information content (AvgIpc) is 2.23. The molecule has 0 N–H and O–H groups in total. The summed E-state index contributed by atoms with van der Waals surface area (Å²) >= 11 is 3.45. The van der Waals surface area contributed by atoms with E-state index >= 15 is 0 Å². The van der Waals surface area contributed by atoms with Crippen molar-refractivity contribution >= 4 is 15.9 Å². The molecule has 1 fully saturated rings. The highest BCUT2D eigenvalue weighted by Crippen LogP contribution is 2.20. The summed E-state index contributed by atoms with van der Waals surface area (Å²) in [6.07, 6.45) is 3.70. The van der Waals surface area contributed by atoms with Gasteiger partial charge in [0.2, 0.25) is 0 Å². The van der Waals surface area contributed by atoms with E-state index in [0.717, 1.165) is 30.0 Å². The van der Waals surface area contributed by atoms with E-state index in [9.17, 15) is 0 Å². The first kappa shape index (κ1) is 10.2. The Labute approximate surface area is 93.6 Å². The molecular formula is C12H15BrO. The van der Waals surface area contributed by atoms with Crippen LogP contribution in [-0.4, -0.2) is 13.2 Å². The number of halogens is 1. The van der Waals surface area contributed by atoms with Crippen LogP contribution in [0.3, 0.4) is 0 Å². The lowest BCUT2D eigenvalue weighted by atomic mass is 9.94. The fourth-order valence-corrected chi connectivity index (χ4v) is 2.19. The number of benzene rings is 1. The van der Waals surface area contributed by atoms with Crippen LogP contribution < -0.4 is 0 Å². The largest absolute Gasteiger partial charge is 0.381 e. The summed E-state index contributed by atoms with van der Waals surface area (Å²) in [6.45, 7) is 1.90. The quantitative estimate of drug-likeness (QED) is 0.786. The van der Waals surface area contributed by atoms with Crippen molar-refractivity contribution in [3.63, 3.8) is 0 Å². The van der Waals surface area contributed by atoms with Crippen molar-refractivity contribution < 1.29 is 4.74 Å². The average molecular weight is 255 g/mol. The van der Waals surface area contributed by atoms with E-state index in [4.69, 9.17) is 4.74 Å². The van der Waals surface area contributed by atoms with Gasteiger partial charge in [0, 0.05) is 17.7 Å². The maximum Gasteiger partial charge on any atom is 0.0497 e. The van der Waals surface area contributed by atoms with Gasteiger partial charge in [0.1, 0.15) is 0 Å². The molecule has 2 heteroatoms. The van der Waals surface area contributed by atoms with Crippen LogP contribution in [0.2, 0.25) is 0 Å². The minimum atomic E-state index is 0.727. The van der Waals surface area contributed by atoms with Crippen molar-refractivity contribution in [1.29, 1.82) is 0 Å². The molecule has 1 unspecified atom stereocenters. The lowest BCUT2D eigenvalue weighted by molar-refractivity contribution is 0.0550. The van der Waals surface area contributed by atoms with E-state index < -0.39 is 0 Å². The maximum absolute atomic E-state index is 5.47. The highest BCUT2D eigenvalue weighted by Gasteiger charge is 2.13. The van der Waals surface area contributed by atoms with E-state index in [1.54, 1.807) is 0 Å². The molecule has 1 aliphatic rings. The van der Waals surface area contributed by atoms with Gasteiger partial charge in [-0.2, -0.15) is 0 Å². The Balaban J connectivity index is 1.92. The summed E-state index contributed by atoms with van der Waals surface area (Å²) in [5, 5.41) is 0. The van der Waals surface area contributed by atoms with Gasteiger partial charge in [0.05, 0.1) is 0 Å². The Hall–Kier alpha value is -0.340. The van der Waals surface area contributed by atoms with Crippen molar-refractivity contribution in [1.82, 2.24) is 0 Å². The SMILES string of the molecule is Brc1ccc(CC2CCCOC2)cc1. The predicted octanol–water partition coefficient (Wildman–Crippen LogP) is 3.42. The van der Waals surface area contributed by atoms with Crippen molar-refractivity contribution in [2.75, 3.05) is 13.2 Å². The molecule has 0 aromatic heterocycles. The summed E-state index contributed by atoms with van der Waals surface area (Å²) in [5.74, 6) is 0.727. The number of hydrogen-bond acceptors (Lipinski definition) is 1. The fourth-order valence-electron chi connectivity index (χ4n) is 1.92. The molecule has 0 aliphatic carbocycles. The van der Waals surface area contributed by atoms with Gasteiger partial charge in [0.25, 0.3) is 0 Å². The van der Waals surface area contributed by atoms with E-state index in [2.05, 4.69) is 40.2 Å². The zero-order chi connectivity index (χ0) is 9.80. The molecule has 0 saturated carbocycles. The molecule has 1 atom stereocenters. The van der Waals surface area contributed by atoms with Gasteiger partial charge in [-0.15, -0.1) is 0 Å². The Morgan fingerprint density at radius 1 is 1.29 bits per heavy atom. The molecule has 1 aliphatic heterocycles. The molecule has 0 bridgehead atoms. The molecule has 1 aromatic carbocycles. The second-order valence-corrected chi connectivity index (χ2v) is 4.83. The van der Waals surface area contributed by atoms with Crippen LogP contribution in [0.1, 0.15) is 18.4 Å². The zero-order valence-corrected chi connectivity index (χ0v) is 9.79. The molecule has 2 rings (SSSR count). The Kier molecular flexibility index (Phi) is 3.60. The first-order valence-corrected chi connectivity index (χ1v) is 5.96. The van der Waals surface area contributed by atoms with Gasteiger partial charge in [-0.05, 0) is 42.9 Å². The normalized spacial score (nSPS) is 22.2. The van der Waals surface area contributed by atoms with Crippen molar-refractivity contribution in [2.45, 2.75) is 19.3 Å². The minimum absolute atomic E-state index is 0.727. The van der Waals surface area contributed by atoms with Gasteiger partial charge in [0.15, 0.2) is 0 Å².